The van der Waals surface area contributed by atoms with Gasteiger partial charge in [-0.15, -0.1) is 17.5 Å². The van der Waals surface area contributed by atoms with E-state index in [-0.39, 0.29) is 24.4 Å². The van der Waals surface area contributed by atoms with Gasteiger partial charge in [0.25, 0.3) is 0 Å². The van der Waals surface area contributed by atoms with E-state index in [1.54, 1.807) is 17.1 Å². The molecule has 1 saturated heterocycles. The van der Waals surface area contributed by atoms with E-state index in [2.05, 4.69) is 27.9 Å². The van der Waals surface area contributed by atoms with Crippen molar-refractivity contribution in [1.29, 1.82) is 0 Å². The Balaban J connectivity index is 0.00000180. The van der Waals surface area contributed by atoms with E-state index in [9.17, 15) is 4.79 Å². The molecule has 1 aliphatic rings. The van der Waals surface area contributed by atoms with Gasteiger partial charge >= 0.3 is 0 Å². The maximum Gasteiger partial charge on any atom is 0.222 e. The number of piperidine rings is 1. The Hall–Kier alpha value is -1.14. The maximum absolute atomic E-state index is 11.8. The first-order valence-electron chi connectivity index (χ1n) is 6.60. The molecule has 6 nitrogen and oxygen atoms in total. The molecule has 0 aliphatic carbocycles. The van der Waals surface area contributed by atoms with E-state index in [1.807, 2.05) is 0 Å². The summed E-state index contributed by atoms with van der Waals surface area (Å²) in [6.07, 6.45) is 6.23. The summed E-state index contributed by atoms with van der Waals surface area (Å²) in [6.45, 7) is 4.78. The van der Waals surface area contributed by atoms with Crippen molar-refractivity contribution in [2.24, 2.45) is 5.92 Å². The second-order valence-corrected chi connectivity index (χ2v) is 4.88. The number of carbonyl (C=O) groups is 1. The Bertz CT molecular complexity index is 364. The van der Waals surface area contributed by atoms with E-state index in [0.717, 1.165) is 13.1 Å². The third-order valence-corrected chi connectivity index (χ3v) is 3.47. The minimum absolute atomic E-state index is 0. The van der Waals surface area contributed by atoms with E-state index in [1.165, 1.54) is 12.8 Å². The lowest BCUT2D eigenvalue weighted by Gasteiger charge is -2.28. The molecule has 1 fully saturated rings. The topological polar surface area (TPSA) is 71.8 Å². The fourth-order valence-corrected chi connectivity index (χ4v) is 2.32. The molecule has 2 N–H and O–H groups in total. The van der Waals surface area contributed by atoms with Crippen LogP contribution in [0.5, 0.6) is 0 Å². The Morgan fingerprint density at radius 1 is 1.63 bits per heavy atom. The normalized spacial score (nSPS) is 20.4. The van der Waals surface area contributed by atoms with Crippen molar-refractivity contribution in [3.05, 3.63) is 12.4 Å². The molecule has 108 valence electrons. The largest absolute Gasteiger partial charge is 0.353 e. The third-order valence-electron chi connectivity index (χ3n) is 3.47. The first-order valence-corrected chi connectivity index (χ1v) is 6.60. The highest BCUT2D eigenvalue weighted by Crippen LogP contribution is 2.14. The lowest BCUT2D eigenvalue weighted by molar-refractivity contribution is -0.122. The van der Waals surface area contributed by atoms with Gasteiger partial charge in [0.2, 0.25) is 5.91 Å². The lowest BCUT2D eigenvalue weighted by atomic mass is 9.93. The van der Waals surface area contributed by atoms with E-state index in [0.29, 0.717) is 18.9 Å². The van der Waals surface area contributed by atoms with E-state index < -0.39 is 0 Å². The molecule has 0 aromatic carbocycles. The highest BCUT2D eigenvalue weighted by molar-refractivity contribution is 5.85. The number of nitrogens with zero attached hydrogens (tertiary/aromatic N) is 3. The van der Waals surface area contributed by atoms with Crippen molar-refractivity contribution in [2.75, 3.05) is 13.1 Å². The molecule has 2 unspecified atom stereocenters. The maximum atomic E-state index is 11.8. The molecule has 7 heteroatoms. The number of hydrogen-bond acceptors (Lipinski definition) is 4. The van der Waals surface area contributed by atoms with Gasteiger partial charge in [-0.1, -0.05) is 5.21 Å². The average Bonchev–Trinajstić information content (AvgIpc) is 2.90. The second-order valence-electron chi connectivity index (χ2n) is 4.88. The Morgan fingerprint density at radius 3 is 3.11 bits per heavy atom. The SMILES string of the molecule is CC(NC(=O)CCn1ccnn1)C1CCCNC1.Cl. The van der Waals surface area contributed by atoms with E-state index >= 15 is 0 Å². The summed E-state index contributed by atoms with van der Waals surface area (Å²) in [5.41, 5.74) is 0. The average molecular weight is 288 g/mol. The van der Waals surface area contributed by atoms with E-state index in [4.69, 9.17) is 0 Å². The van der Waals surface area contributed by atoms with Crippen molar-refractivity contribution < 1.29 is 4.79 Å². The minimum Gasteiger partial charge on any atom is -0.353 e. The van der Waals surface area contributed by atoms with Gasteiger partial charge < -0.3 is 10.6 Å². The minimum atomic E-state index is 0. The molecule has 1 amide bonds. The molecule has 19 heavy (non-hydrogen) atoms. The lowest BCUT2D eigenvalue weighted by Crippen LogP contribution is -2.44. The summed E-state index contributed by atoms with van der Waals surface area (Å²) < 4.78 is 1.67. The Labute approximate surface area is 119 Å². The van der Waals surface area contributed by atoms with Crippen LogP contribution in [0.25, 0.3) is 0 Å². The number of nitrogens with one attached hydrogen (secondary N) is 2. The summed E-state index contributed by atoms with van der Waals surface area (Å²) >= 11 is 0. The fraction of sp³-hybridized carbons (Fsp3) is 0.750. The van der Waals surface area contributed by atoms with Gasteiger partial charge in [0.15, 0.2) is 0 Å². The number of hydrogen-bond donors (Lipinski definition) is 2. The van der Waals surface area contributed by atoms with Crippen molar-refractivity contribution in [1.82, 2.24) is 25.6 Å². The van der Waals surface area contributed by atoms with Crippen LogP contribution in [0.1, 0.15) is 26.2 Å². The summed E-state index contributed by atoms with van der Waals surface area (Å²) in [4.78, 5) is 11.8. The Morgan fingerprint density at radius 2 is 2.47 bits per heavy atom. The standard InChI is InChI=1S/C12H21N5O.ClH/c1-10(11-3-2-5-13-9-11)15-12(18)4-7-17-8-6-14-16-17;/h6,8,10-11,13H,2-5,7,9H2,1H3,(H,15,18);1H. The van der Waals surface area contributed by atoms with Gasteiger partial charge in [0.1, 0.15) is 0 Å². The number of carbonyl (C=O) groups excluding carboxylic acids is 1. The number of aryl methyl sites for hydroxylation is 1. The van der Waals surface area contributed by atoms with Gasteiger partial charge in [-0.05, 0) is 38.8 Å². The molecule has 0 spiro atoms. The highest BCUT2D eigenvalue weighted by atomic mass is 35.5. The van der Waals surface area contributed by atoms with Crippen LogP contribution >= 0.6 is 12.4 Å². The van der Waals surface area contributed by atoms with Crippen LogP contribution in [0.2, 0.25) is 0 Å². The van der Waals surface area contributed by atoms with Crippen LogP contribution in [-0.2, 0) is 11.3 Å². The zero-order valence-electron chi connectivity index (χ0n) is 11.2. The van der Waals surface area contributed by atoms with Gasteiger partial charge in [-0.25, -0.2) is 0 Å². The molecular weight excluding hydrogens is 266 g/mol. The third kappa shape index (κ3) is 5.16. The van der Waals surface area contributed by atoms with Crippen LogP contribution in [0, 0.1) is 5.92 Å². The van der Waals surface area contributed by atoms with Gasteiger partial charge in [0.05, 0.1) is 12.7 Å². The predicted molar refractivity (Wildman–Crippen MR) is 75.1 cm³/mol. The monoisotopic (exact) mass is 287 g/mol. The number of aromatic nitrogens is 3. The van der Waals surface area contributed by atoms with Crippen molar-refractivity contribution >= 4 is 18.3 Å². The first-order chi connectivity index (χ1) is 8.75. The summed E-state index contributed by atoms with van der Waals surface area (Å²) in [5, 5.41) is 14.0. The quantitative estimate of drug-likeness (QED) is 0.832. The fourth-order valence-electron chi connectivity index (χ4n) is 2.32. The molecule has 0 bridgehead atoms. The van der Waals surface area contributed by atoms with Crippen molar-refractivity contribution in [2.45, 2.75) is 38.8 Å². The summed E-state index contributed by atoms with van der Waals surface area (Å²) in [5.74, 6) is 0.637. The molecule has 2 rings (SSSR count). The molecule has 1 aliphatic heterocycles. The number of halogens is 1. The molecule has 2 heterocycles. The molecular formula is C12H22ClN5O. The molecule has 0 saturated carbocycles. The van der Waals surface area contributed by atoms with Crippen LogP contribution in [0.3, 0.4) is 0 Å². The zero-order valence-corrected chi connectivity index (χ0v) is 12.0. The molecule has 2 atom stereocenters. The first kappa shape index (κ1) is 15.9. The zero-order chi connectivity index (χ0) is 12.8. The number of amides is 1. The van der Waals surface area contributed by atoms with Crippen LogP contribution in [0.15, 0.2) is 12.4 Å². The highest BCUT2D eigenvalue weighted by Gasteiger charge is 2.20. The molecule has 0 radical (unpaired) electrons. The van der Waals surface area contributed by atoms with Crippen molar-refractivity contribution in [3.63, 3.8) is 0 Å². The Kier molecular flexibility index (Phi) is 6.80. The van der Waals surface area contributed by atoms with Crippen molar-refractivity contribution in [3.8, 4) is 0 Å². The van der Waals surface area contributed by atoms with Gasteiger partial charge in [0, 0.05) is 18.7 Å². The number of rotatable bonds is 5. The van der Waals surface area contributed by atoms with Gasteiger partial charge in [-0.3, -0.25) is 9.48 Å². The smallest absolute Gasteiger partial charge is 0.222 e. The second kappa shape index (κ2) is 8.12. The molecule has 1 aromatic heterocycles. The van der Waals surface area contributed by atoms with Crippen LogP contribution in [-0.4, -0.2) is 40.0 Å². The van der Waals surface area contributed by atoms with Crippen LogP contribution < -0.4 is 10.6 Å². The predicted octanol–water partition coefficient (Wildman–Crippen LogP) is 0.594. The summed E-state index contributed by atoms with van der Waals surface area (Å²) in [6, 6.07) is 0.237. The van der Waals surface area contributed by atoms with Crippen LogP contribution in [0.4, 0.5) is 0 Å². The molecule has 1 aromatic rings. The summed E-state index contributed by atoms with van der Waals surface area (Å²) in [7, 11) is 0. The van der Waals surface area contributed by atoms with Gasteiger partial charge in [-0.2, -0.15) is 0 Å².